The Hall–Kier alpha value is -2.46. The lowest BCUT2D eigenvalue weighted by molar-refractivity contribution is 0.0963. The molecule has 2 aromatic rings. The quantitative estimate of drug-likeness (QED) is 0.669. The van der Waals surface area contributed by atoms with Gasteiger partial charge in [-0.2, -0.15) is 0 Å². The van der Waals surface area contributed by atoms with Gasteiger partial charge in [-0.15, -0.1) is 0 Å². The van der Waals surface area contributed by atoms with Gasteiger partial charge < -0.3 is 10.2 Å². The number of aliphatic hydroxyl groups excluding tert-OH is 1. The van der Waals surface area contributed by atoms with E-state index in [2.05, 4.69) is 6.92 Å². The average Bonchev–Trinajstić information content (AvgIpc) is 2.51. The van der Waals surface area contributed by atoms with E-state index in [1.165, 1.54) is 6.07 Å². The number of phenols is 1. The number of carbonyl (C=O) groups excluding carboxylic acids is 2. The summed E-state index contributed by atoms with van der Waals surface area (Å²) in [5.41, 5.74) is 2.37. The summed E-state index contributed by atoms with van der Waals surface area (Å²) < 4.78 is 0. The number of rotatable bonds is 0. The number of aliphatic hydroxyl groups is 1. The minimum atomic E-state index is -0.737. The first-order chi connectivity index (χ1) is 11.0. The first-order valence-corrected chi connectivity index (χ1v) is 7.74. The maximum Gasteiger partial charge on any atom is 0.198 e. The third-order valence-electron chi connectivity index (χ3n) is 4.85. The molecule has 0 bridgehead atoms. The van der Waals surface area contributed by atoms with Crippen molar-refractivity contribution in [2.24, 2.45) is 5.92 Å². The molecule has 0 amide bonds. The molecule has 2 aliphatic rings. The largest absolute Gasteiger partial charge is 0.507 e. The van der Waals surface area contributed by atoms with Crippen molar-refractivity contribution in [2.75, 3.05) is 0 Å². The highest BCUT2D eigenvalue weighted by molar-refractivity contribution is 6.29. The van der Waals surface area contributed by atoms with E-state index < -0.39 is 6.10 Å². The summed E-state index contributed by atoms with van der Waals surface area (Å²) in [6.07, 6.45) is 0.630. The Balaban J connectivity index is 2.01. The zero-order chi connectivity index (χ0) is 16.3. The van der Waals surface area contributed by atoms with Gasteiger partial charge in [-0.3, -0.25) is 9.59 Å². The van der Waals surface area contributed by atoms with Crippen LogP contribution in [0.2, 0.25) is 0 Å². The van der Waals surface area contributed by atoms with Crippen LogP contribution >= 0.6 is 0 Å². The van der Waals surface area contributed by atoms with E-state index in [4.69, 9.17) is 0 Å². The zero-order valence-electron chi connectivity index (χ0n) is 12.7. The van der Waals surface area contributed by atoms with Gasteiger partial charge in [-0.25, -0.2) is 0 Å². The first kappa shape index (κ1) is 14.2. The molecule has 0 saturated carbocycles. The number of carbonyl (C=O) groups is 2. The smallest absolute Gasteiger partial charge is 0.198 e. The van der Waals surface area contributed by atoms with Crippen LogP contribution in [0, 0.1) is 5.92 Å². The van der Waals surface area contributed by atoms with Crippen LogP contribution in [0.4, 0.5) is 0 Å². The maximum atomic E-state index is 12.9. The van der Waals surface area contributed by atoms with Gasteiger partial charge in [0.05, 0.1) is 11.7 Å². The van der Waals surface area contributed by atoms with Gasteiger partial charge in [-0.1, -0.05) is 25.1 Å². The molecule has 0 aliphatic heterocycles. The molecule has 4 heteroatoms. The molecule has 0 heterocycles. The van der Waals surface area contributed by atoms with Crippen molar-refractivity contribution in [3.63, 3.8) is 0 Å². The molecule has 2 aromatic carbocycles. The predicted octanol–water partition coefficient (Wildman–Crippen LogP) is 2.78. The average molecular weight is 308 g/mol. The van der Waals surface area contributed by atoms with Gasteiger partial charge in [0, 0.05) is 16.7 Å². The number of benzene rings is 2. The van der Waals surface area contributed by atoms with Gasteiger partial charge >= 0.3 is 0 Å². The number of ketones is 2. The molecule has 2 atom stereocenters. The molecule has 116 valence electrons. The van der Waals surface area contributed by atoms with E-state index >= 15 is 0 Å². The molecule has 0 saturated heterocycles. The second-order valence-electron chi connectivity index (χ2n) is 6.48. The Morgan fingerprint density at radius 1 is 1.00 bits per heavy atom. The van der Waals surface area contributed by atoms with Crippen LogP contribution in [-0.2, 0) is 6.42 Å². The lowest BCUT2D eigenvalue weighted by Crippen LogP contribution is -2.27. The summed E-state index contributed by atoms with van der Waals surface area (Å²) >= 11 is 0. The first-order valence-electron chi connectivity index (χ1n) is 7.74. The molecule has 0 aromatic heterocycles. The van der Waals surface area contributed by atoms with Crippen molar-refractivity contribution in [1.82, 2.24) is 0 Å². The summed E-state index contributed by atoms with van der Waals surface area (Å²) in [6.45, 7) is 2.06. The molecular formula is C19H16O4. The molecule has 2 unspecified atom stereocenters. The van der Waals surface area contributed by atoms with E-state index in [-0.39, 0.29) is 34.0 Å². The topological polar surface area (TPSA) is 74.6 Å². The second kappa shape index (κ2) is 4.77. The Kier molecular flexibility index (Phi) is 2.93. The summed E-state index contributed by atoms with van der Waals surface area (Å²) in [6, 6.07) is 7.98. The number of fused-ring (bicyclic) bond motifs is 4. The summed E-state index contributed by atoms with van der Waals surface area (Å²) in [4.78, 5) is 25.7. The molecule has 4 nitrogen and oxygen atoms in total. The van der Waals surface area contributed by atoms with Crippen molar-refractivity contribution >= 4 is 11.6 Å². The van der Waals surface area contributed by atoms with Crippen molar-refractivity contribution in [3.8, 4) is 5.75 Å². The van der Waals surface area contributed by atoms with Crippen LogP contribution in [0.3, 0.4) is 0 Å². The molecule has 0 spiro atoms. The third-order valence-corrected chi connectivity index (χ3v) is 4.85. The van der Waals surface area contributed by atoms with Gasteiger partial charge in [-0.05, 0) is 42.0 Å². The second-order valence-corrected chi connectivity index (χ2v) is 6.48. The van der Waals surface area contributed by atoms with Crippen LogP contribution < -0.4 is 0 Å². The van der Waals surface area contributed by atoms with E-state index in [9.17, 15) is 19.8 Å². The standard InChI is InChI=1S/C19H16O4/c1-9-7-10-5-6-12-17(15(10)14(21)8-9)19(23)11-3-2-4-13(20)16(11)18(12)22/h2-6,9,14,20-21H,7-8H2,1H3. The van der Waals surface area contributed by atoms with Gasteiger partial charge in [0.15, 0.2) is 11.6 Å². The number of aromatic hydroxyl groups is 1. The van der Waals surface area contributed by atoms with E-state index in [1.54, 1.807) is 18.2 Å². The molecule has 2 aliphatic carbocycles. The van der Waals surface area contributed by atoms with E-state index in [0.29, 0.717) is 23.5 Å². The fraction of sp³-hybridized carbons (Fsp3) is 0.263. The van der Waals surface area contributed by atoms with Crippen molar-refractivity contribution in [1.29, 1.82) is 0 Å². The fourth-order valence-corrected chi connectivity index (χ4v) is 3.85. The Labute approximate surface area is 133 Å². The summed E-state index contributed by atoms with van der Waals surface area (Å²) in [5.74, 6) is -0.503. The normalized spacial score (nSPS) is 22.3. The number of phenolic OH excluding ortho intramolecular Hbond substituents is 1. The van der Waals surface area contributed by atoms with Crippen molar-refractivity contribution in [3.05, 3.63) is 63.7 Å². The van der Waals surface area contributed by atoms with Crippen LogP contribution in [0.1, 0.15) is 62.4 Å². The minimum absolute atomic E-state index is 0.0589. The highest BCUT2D eigenvalue weighted by Crippen LogP contribution is 2.41. The molecule has 0 fully saturated rings. The Bertz CT molecular complexity index is 866. The molecule has 2 N–H and O–H groups in total. The summed E-state index contributed by atoms with van der Waals surface area (Å²) in [5, 5.41) is 20.5. The van der Waals surface area contributed by atoms with Crippen molar-refractivity contribution in [2.45, 2.75) is 25.9 Å². The maximum absolute atomic E-state index is 12.9. The molecule has 23 heavy (non-hydrogen) atoms. The molecular weight excluding hydrogens is 292 g/mol. The number of hydrogen-bond donors (Lipinski definition) is 2. The lowest BCUT2D eigenvalue weighted by Gasteiger charge is -2.30. The van der Waals surface area contributed by atoms with Gasteiger partial charge in [0.2, 0.25) is 0 Å². The Morgan fingerprint density at radius 2 is 1.70 bits per heavy atom. The van der Waals surface area contributed by atoms with Crippen LogP contribution in [0.25, 0.3) is 0 Å². The minimum Gasteiger partial charge on any atom is -0.507 e. The summed E-state index contributed by atoms with van der Waals surface area (Å²) in [7, 11) is 0. The van der Waals surface area contributed by atoms with Gasteiger partial charge in [0.25, 0.3) is 0 Å². The Morgan fingerprint density at radius 3 is 2.48 bits per heavy atom. The SMILES string of the molecule is CC1Cc2ccc3c(c2C(O)C1)C(=O)c1cccc(O)c1C3=O. The van der Waals surface area contributed by atoms with E-state index in [1.807, 2.05) is 6.07 Å². The lowest BCUT2D eigenvalue weighted by atomic mass is 9.74. The fourth-order valence-electron chi connectivity index (χ4n) is 3.85. The molecule has 4 rings (SSSR count). The molecule has 0 radical (unpaired) electrons. The van der Waals surface area contributed by atoms with Crippen LogP contribution in [0.15, 0.2) is 30.3 Å². The van der Waals surface area contributed by atoms with E-state index in [0.717, 1.165) is 12.0 Å². The van der Waals surface area contributed by atoms with Crippen molar-refractivity contribution < 1.29 is 19.8 Å². The highest BCUT2D eigenvalue weighted by atomic mass is 16.3. The van der Waals surface area contributed by atoms with Gasteiger partial charge in [0.1, 0.15) is 5.75 Å². The third kappa shape index (κ3) is 1.88. The number of hydrogen-bond acceptors (Lipinski definition) is 4. The predicted molar refractivity (Wildman–Crippen MR) is 83.9 cm³/mol. The van der Waals surface area contributed by atoms with Crippen LogP contribution in [-0.4, -0.2) is 21.8 Å². The highest BCUT2D eigenvalue weighted by Gasteiger charge is 2.37. The zero-order valence-corrected chi connectivity index (χ0v) is 12.7. The van der Waals surface area contributed by atoms with Crippen LogP contribution in [0.5, 0.6) is 5.75 Å². The monoisotopic (exact) mass is 308 g/mol.